The Morgan fingerprint density at radius 3 is 2.84 bits per heavy atom. The Morgan fingerprint density at radius 1 is 1.36 bits per heavy atom. The van der Waals surface area contributed by atoms with Gasteiger partial charge in [0.15, 0.2) is 0 Å². The number of esters is 1. The summed E-state index contributed by atoms with van der Waals surface area (Å²) in [7, 11) is 0. The first-order chi connectivity index (χ1) is 11.9. The largest absolute Gasteiger partial charge is 0.489 e. The van der Waals surface area contributed by atoms with Crippen LogP contribution >= 0.6 is 0 Å². The molecule has 6 heteroatoms. The number of carbonyl (C=O) groups excluding carboxylic acids is 1. The third kappa shape index (κ3) is 3.91. The van der Waals surface area contributed by atoms with Crippen molar-refractivity contribution < 1.29 is 23.8 Å². The van der Waals surface area contributed by atoms with Crippen molar-refractivity contribution in [2.45, 2.75) is 32.5 Å². The lowest BCUT2D eigenvalue weighted by Crippen LogP contribution is -2.27. The van der Waals surface area contributed by atoms with Crippen LogP contribution in [0.25, 0.3) is 11.0 Å². The minimum Gasteiger partial charge on any atom is -0.489 e. The van der Waals surface area contributed by atoms with Crippen molar-refractivity contribution in [2.24, 2.45) is 5.92 Å². The van der Waals surface area contributed by atoms with E-state index in [1.165, 1.54) is 6.07 Å². The van der Waals surface area contributed by atoms with Gasteiger partial charge in [-0.15, -0.1) is 0 Å². The predicted molar refractivity (Wildman–Crippen MR) is 91.4 cm³/mol. The highest BCUT2D eigenvalue weighted by atomic mass is 16.6. The standard InChI is InChI=1S/C19H20O6/c1-11(18(21)16-9-12(2)19(22)25-16)7-8-23-14-5-3-13-4-6-17(20)24-15(13)10-14/h3-7,10,12,16,18,21H,8-9H2,1-2H3/b11-7+/t12-,16+,18+/m1/s1. The molecule has 1 aliphatic rings. The molecule has 3 rings (SSSR count). The summed E-state index contributed by atoms with van der Waals surface area (Å²) < 4.78 is 15.9. The van der Waals surface area contributed by atoms with Crippen LogP contribution in [-0.4, -0.2) is 29.9 Å². The maximum Gasteiger partial charge on any atom is 0.336 e. The fourth-order valence-electron chi connectivity index (χ4n) is 2.77. The summed E-state index contributed by atoms with van der Waals surface area (Å²) in [4.78, 5) is 22.7. The number of cyclic esters (lactones) is 1. The molecule has 0 spiro atoms. The Labute approximate surface area is 144 Å². The molecule has 3 atom stereocenters. The number of hydrogen-bond acceptors (Lipinski definition) is 6. The topological polar surface area (TPSA) is 86.0 Å². The number of aliphatic hydroxyl groups excluding tert-OH is 1. The second-order valence-electron chi connectivity index (χ2n) is 6.27. The summed E-state index contributed by atoms with van der Waals surface area (Å²) in [5.41, 5.74) is 0.723. The molecule has 1 aliphatic heterocycles. The Morgan fingerprint density at radius 2 is 2.12 bits per heavy atom. The first kappa shape index (κ1) is 17.2. The number of carbonyl (C=O) groups is 1. The summed E-state index contributed by atoms with van der Waals surface area (Å²) in [5, 5.41) is 11.1. The second-order valence-corrected chi connectivity index (χ2v) is 6.27. The molecule has 1 aromatic heterocycles. The van der Waals surface area contributed by atoms with Crippen molar-refractivity contribution in [1.82, 2.24) is 0 Å². The summed E-state index contributed by atoms with van der Waals surface area (Å²) in [6, 6.07) is 8.29. The molecule has 1 fully saturated rings. The van der Waals surface area contributed by atoms with Crippen molar-refractivity contribution in [3.05, 3.63) is 52.4 Å². The quantitative estimate of drug-likeness (QED) is 0.509. The first-order valence-electron chi connectivity index (χ1n) is 8.16. The van der Waals surface area contributed by atoms with Crippen molar-refractivity contribution in [3.8, 4) is 5.75 Å². The monoisotopic (exact) mass is 344 g/mol. The van der Waals surface area contributed by atoms with Crippen LogP contribution in [0.5, 0.6) is 5.75 Å². The van der Waals surface area contributed by atoms with E-state index in [4.69, 9.17) is 13.9 Å². The Bertz CT molecular complexity index is 866. The van der Waals surface area contributed by atoms with Crippen LogP contribution in [0.4, 0.5) is 0 Å². The van der Waals surface area contributed by atoms with Gasteiger partial charge in [0.1, 0.15) is 30.1 Å². The van der Waals surface area contributed by atoms with Crippen LogP contribution in [0.2, 0.25) is 0 Å². The molecule has 2 aromatic rings. The number of ether oxygens (including phenoxy) is 2. The molecule has 0 radical (unpaired) electrons. The molecule has 0 aliphatic carbocycles. The zero-order valence-corrected chi connectivity index (χ0v) is 14.1. The van der Waals surface area contributed by atoms with Gasteiger partial charge in [0.25, 0.3) is 0 Å². The summed E-state index contributed by atoms with van der Waals surface area (Å²) >= 11 is 0. The Balaban J connectivity index is 1.62. The third-order valence-electron chi connectivity index (χ3n) is 4.32. The van der Waals surface area contributed by atoms with Crippen molar-refractivity contribution in [1.29, 1.82) is 0 Å². The molecular formula is C19H20O6. The number of hydrogen-bond donors (Lipinski definition) is 1. The van der Waals surface area contributed by atoms with Crippen molar-refractivity contribution >= 4 is 16.9 Å². The van der Waals surface area contributed by atoms with Crippen LogP contribution in [0.1, 0.15) is 20.3 Å². The molecule has 6 nitrogen and oxygen atoms in total. The van der Waals surface area contributed by atoms with Gasteiger partial charge in [0, 0.05) is 23.9 Å². The highest BCUT2D eigenvalue weighted by Gasteiger charge is 2.36. The lowest BCUT2D eigenvalue weighted by molar-refractivity contribution is -0.146. The van der Waals surface area contributed by atoms with Crippen molar-refractivity contribution in [3.63, 3.8) is 0 Å². The SMILES string of the molecule is C/C(=C\COc1ccc2ccc(=O)oc2c1)[C@H](O)[C@@H]1C[C@@H](C)C(=O)O1. The predicted octanol–water partition coefficient (Wildman–Crippen LogP) is 2.43. The van der Waals surface area contributed by atoms with E-state index in [0.717, 1.165) is 5.39 Å². The second kappa shape index (κ2) is 7.11. The normalized spacial score (nSPS) is 22.0. The molecule has 0 amide bonds. The van der Waals surface area contributed by atoms with E-state index in [2.05, 4.69) is 0 Å². The van der Waals surface area contributed by atoms with Crippen LogP contribution < -0.4 is 10.4 Å². The third-order valence-corrected chi connectivity index (χ3v) is 4.32. The molecule has 0 unspecified atom stereocenters. The molecule has 132 valence electrons. The number of fused-ring (bicyclic) bond motifs is 1. The Kier molecular flexibility index (Phi) is 4.90. The van der Waals surface area contributed by atoms with Gasteiger partial charge in [-0.25, -0.2) is 4.79 Å². The molecule has 25 heavy (non-hydrogen) atoms. The van der Waals surface area contributed by atoms with E-state index in [1.807, 2.05) is 0 Å². The molecule has 1 N–H and O–H groups in total. The lowest BCUT2D eigenvalue weighted by Gasteiger charge is -2.17. The zero-order chi connectivity index (χ0) is 18.0. The van der Waals surface area contributed by atoms with E-state index < -0.39 is 17.8 Å². The molecule has 0 bridgehead atoms. The highest BCUT2D eigenvalue weighted by Crippen LogP contribution is 2.26. The molecule has 1 saturated heterocycles. The average Bonchev–Trinajstić information content (AvgIpc) is 2.92. The number of aliphatic hydroxyl groups is 1. The minimum atomic E-state index is -0.841. The maximum absolute atomic E-state index is 11.4. The molecule has 0 saturated carbocycles. The number of benzene rings is 1. The van der Waals surface area contributed by atoms with E-state index in [9.17, 15) is 14.7 Å². The molecule has 1 aromatic carbocycles. The maximum atomic E-state index is 11.4. The van der Waals surface area contributed by atoms with Crippen LogP contribution in [0, 0.1) is 5.92 Å². The van der Waals surface area contributed by atoms with Gasteiger partial charge in [-0.2, -0.15) is 0 Å². The summed E-state index contributed by atoms with van der Waals surface area (Å²) in [5.74, 6) is 0.100. The fraction of sp³-hybridized carbons (Fsp3) is 0.368. The molecule has 2 heterocycles. The van der Waals surface area contributed by atoms with E-state index in [-0.39, 0.29) is 18.5 Å². The summed E-state index contributed by atoms with van der Waals surface area (Å²) in [6.45, 7) is 3.79. The smallest absolute Gasteiger partial charge is 0.336 e. The highest BCUT2D eigenvalue weighted by molar-refractivity contribution is 5.77. The van der Waals surface area contributed by atoms with Gasteiger partial charge < -0.3 is 19.0 Å². The van der Waals surface area contributed by atoms with Gasteiger partial charge >= 0.3 is 11.6 Å². The van der Waals surface area contributed by atoms with E-state index in [1.54, 1.807) is 44.2 Å². The molecular weight excluding hydrogens is 324 g/mol. The van der Waals surface area contributed by atoms with E-state index in [0.29, 0.717) is 23.3 Å². The fourth-order valence-corrected chi connectivity index (χ4v) is 2.77. The first-order valence-corrected chi connectivity index (χ1v) is 8.16. The van der Waals surface area contributed by atoms with Gasteiger partial charge in [-0.3, -0.25) is 4.79 Å². The van der Waals surface area contributed by atoms with Gasteiger partial charge in [-0.05, 0) is 36.8 Å². The van der Waals surface area contributed by atoms with Gasteiger partial charge in [0.2, 0.25) is 0 Å². The average molecular weight is 344 g/mol. The zero-order valence-electron chi connectivity index (χ0n) is 14.1. The van der Waals surface area contributed by atoms with Crippen LogP contribution in [0.15, 0.2) is 51.2 Å². The van der Waals surface area contributed by atoms with E-state index >= 15 is 0 Å². The Hall–Kier alpha value is -2.60. The van der Waals surface area contributed by atoms with Crippen molar-refractivity contribution in [2.75, 3.05) is 6.61 Å². The summed E-state index contributed by atoms with van der Waals surface area (Å²) in [6.07, 6.45) is 0.906. The van der Waals surface area contributed by atoms with Crippen LogP contribution in [0.3, 0.4) is 0 Å². The van der Waals surface area contributed by atoms with Gasteiger partial charge in [0.05, 0.1) is 5.92 Å². The lowest BCUT2D eigenvalue weighted by atomic mass is 9.99. The van der Waals surface area contributed by atoms with Crippen LogP contribution in [-0.2, 0) is 9.53 Å². The minimum absolute atomic E-state index is 0.184. The number of rotatable bonds is 5. The van der Waals surface area contributed by atoms with Gasteiger partial charge in [-0.1, -0.05) is 6.92 Å².